The molecule has 0 unspecified atom stereocenters. The molecule has 6 aromatic rings. The van der Waals surface area contributed by atoms with E-state index in [1.165, 1.54) is 0 Å². The van der Waals surface area contributed by atoms with Crippen molar-refractivity contribution in [1.82, 2.24) is 0 Å². The topological polar surface area (TPSA) is 47.7 Å². The molecule has 6 aromatic carbocycles. The second-order valence-corrected chi connectivity index (χ2v) is 10.0. The van der Waals surface area contributed by atoms with Crippen LogP contribution in [0.3, 0.4) is 0 Å². The van der Waals surface area contributed by atoms with Crippen molar-refractivity contribution in [1.29, 1.82) is 10.8 Å². The standard InChI is InChI=1S/C38H26N2/c39-37-31-24-29-22-13-23-30(25-14-5-1-6-15-25)32(29)33(26-16-7-2-8-17-26)36(31)34(27-18-9-3-10-19-27)35(38(37)40)28-20-11-4-12-21-28/h1-24,39-40H. The molecule has 2 N–H and O–H groups in total. The van der Waals surface area contributed by atoms with Gasteiger partial charge in [0.2, 0.25) is 0 Å². The summed E-state index contributed by atoms with van der Waals surface area (Å²) in [6.07, 6.45) is 0. The molecule has 0 saturated carbocycles. The fourth-order valence-corrected chi connectivity index (χ4v) is 5.96. The van der Waals surface area contributed by atoms with Crippen LogP contribution in [-0.4, -0.2) is 11.4 Å². The molecule has 0 aliphatic heterocycles. The Labute approximate surface area is 233 Å². The van der Waals surface area contributed by atoms with Crippen LogP contribution in [0.25, 0.3) is 44.2 Å². The molecule has 0 spiro atoms. The number of rotatable bonds is 4. The van der Waals surface area contributed by atoms with E-state index >= 15 is 0 Å². The Kier molecular flexibility index (Phi) is 5.79. The smallest absolute Gasteiger partial charge is 0.0880 e. The maximum Gasteiger partial charge on any atom is 0.0880 e. The molecule has 1 aliphatic rings. The van der Waals surface area contributed by atoms with Crippen LogP contribution in [0, 0.1) is 10.8 Å². The van der Waals surface area contributed by atoms with Crippen LogP contribution in [0.2, 0.25) is 0 Å². The molecule has 2 heteroatoms. The zero-order valence-electron chi connectivity index (χ0n) is 21.9. The summed E-state index contributed by atoms with van der Waals surface area (Å²) in [6, 6.07) is 50.0. The molecule has 40 heavy (non-hydrogen) atoms. The number of benzene rings is 6. The zero-order valence-corrected chi connectivity index (χ0v) is 21.9. The Balaban J connectivity index is 1.72. The van der Waals surface area contributed by atoms with Gasteiger partial charge in [-0.05, 0) is 50.2 Å². The maximum absolute atomic E-state index is 9.30. The molecule has 0 bridgehead atoms. The number of hydrogen-bond donors (Lipinski definition) is 2. The molecule has 7 rings (SSSR count). The van der Waals surface area contributed by atoms with Crippen molar-refractivity contribution in [2.75, 3.05) is 0 Å². The predicted molar refractivity (Wildman–Crippen MR) is 168 cm³/mol. The van der Waals surface area contributed by atoms with Gasteiger partial charge in [0, 0.05) is 22.3 Å². The van der Waals surface area contributed by atoms with Crippen molar-refractivity contribution in [3.05, 3.63) is 168 Å². The van der Waals surface area contributed by atoms with Crippen molar-refractivity contribution in [3.63, 3.8) is 0 Å². The van der Waals surface area contributed by atoms with Crippen LogP contribution >= 0.6 is 0 Å². The predicted octanol–water partition coefficient (Wildman–Crippen LogP) is 9.53. The van der Waals surface area contributed by atoms with Crippen molar-refractivity contribution in [3.8, 4) is 22.3 Å². The van der Waals surface area contributed by atoms with Crippen LogP contribution in [-0.2, 0) is 0 Å². The Hall–Kier alpha value is -5.34. The summed E-state index contributed by atoms with van der Waals surface area (Å²) in [5.74, 6) is 0. The Bertz CT molecular complexity index is 1940. The lowest BCUT2D eigenvalue weighted by Gasteiger charge is -2.30. The lowest BCUT2D eigenvalue weighted by Crippen LogP contribution is -2.24. The molecular weight excluding hydrogens is 484 g/mol. The molecule has 0 saturated heterocycles. The highest BCUT2D eigenvalue weighted by Crippen LogP contribution is 2.48. The van der Waals surface area contributed by atoms with Gasteiger partial charge in [0.15, 0.2) is 0 Å². The fraction of sp³-hybridized carbons (Fsp3) is 0. The lowest BCUT2D eigenvalue weighted by atomic mass is 9.73. The van der Waals surface area contributed by atoms with E-state index in [0.717, 1.165) is 66.4 Å². The van der Waals surface area contributed by atoms with Gasteiger partial charge >= 0.3 is 0 Å². The van der Waals surface area contributed by atoms with Crippen LogP contribution in [0.1, 0.15) is 22.3 Å². The van der Waals surface area contributed by atoms with E-state index in [0.29, 0.717) is 0 Å². The first kappa shape index (κ1) is 23.8. The lowest BCUT2D eigenvalue weighted by molar-refractivity contribution is 1.43. The SMILES string of the molecule is N=C1C(=N)c2cc3cccc(-c4ccccc4)c3c(-c3ccccc3)c2C(c2ccccc2)=C1c1ccccc1. The largest absolute Gasteiger partial charge is 0.298 e. The molecule has 1 aliphatic carbocycles. The molecule has 0 fully saturated rings. The van der Waals surface area contributed by atoms with Crippen molar-refractivity contribution < 1.29 is 0 Å². The van der Waals surface area contributed by atoms with Gasteiger partial charge in [-0.3, -0.25) is 10.8 Å². The summed E-state index contributed by atoms with van der Waals surface area (Å²) in [4.78, 5) is 0. The molecule has 0 heterocycles. The van der Waals surface area contributed by atoms with Gasteiger partial charge in [-0.2, -0.15) is 0 Å². The Morgan fingerprint density at radius 2 is 0.850 bits per heavy atom. The summed E-state index contributed by atoms with van der Waals surface area (Å²) >= 11 is 0. The minimum absolute atomic E-state index is 0.245. The highest BCUT2D eigenvalue weighted by Gasteiger charge is 2.33. The molecular formula is C38H26N2. The number of nitrogens with one attached hydrogen (secondary N) is 2. The van der Waals surface area contributed by atoms with E-state index in [2.05, 4.69) is 84.9 Å². The fourth-order valence-electron chi connectivity index (χ4n) is 5.96. The third kappa shape index (κ3) is 3.81. The third-order valence-corrected chi connectivity index (χ3v) is 7.71. The monoisotopic (exact) mass is 510 g/mol. The van der Waals surface area contributed by atoms with Gasteiger partial charge < -0.3 is 0 Å². The van der Waals surface area contributed by atoms with Gasteiger partial charge in [0.05, 0.1) is 11.4 Å². The second-order valence-electron chi connectivity index (χ2n) is 10.0. The van der Waals surface area contributed by atoms with Gasteiger partial charge in [0.1, 0.15) is 0 Å². The number of hydrogen-bond acceptors (Lipinski definition) is 2. The molecule has 188 valence electrons. The van der Waals surface area contributed by atoms with Gasteiger partial charge in [-0.15, -0.1) is 0 Å². The van der Waals surface area contributed by atoms with Gasteiger partial charge in [0.25, 0.3) is 0 Å². The molecule has 0 atom stereocenters. The van der Waals surface area contributed by atoms with Crippen LogP contribution in [0.5, 0.6) is 0 Å². The minimum atomic E-state index is 0.245. The van der Waals surface area contributed by atoms with E-state index in [1.54, 1.807) is 0 Å². The number of fused-ring (bicyclic) bond motifs is 2. The van der Waals surface area contributed by atoms with Crippen LogP contribution < -0.4 is 0 Å². The summed E-state index contributed by atoms with van der Waals surface area (Å²) in [7, 11) is 0. The van der Waals surface area contributed by atoms with Crippen molar-refractivity contribution in [2.24, 2.45) is 0 Å². The average molecular weight is 511 g/mol. The van der Waals surface area contributed by atoms with Crippen LogP contribution in [0.15, 0.2) is 146 Å². The van der Waals surface area contributed by atoms with E-state index in [9.17, 15) is 10.8 Å². The highest BCUT2D eigenvalue weighted by atomic mass is 14.6. The third-order valence-electron chi connectivity index (χ3n) is 7.71. The Morgan fingerprint density at radius 3 is 1.43 bits per heavy atom. The number of allylic oxidation sites excluding steroid dienone is 1. The van der Waals surface area contributed by atoms with Gasteiger partial charge in [-0.25, -0.2) is 0 Å². The maximum atomic E-state index is 9.30. The molecule has 0 radical (unpaired) electrons. The first-order chi connectivity index (χ1) is 19.7. The Morgan fingerprint density at radius 1 is 0.350 bits per heavy atom. The second kappa shape index (κ2) is 9.76. The van der Waals surface area contributed by atoms with E-state index in [1.807, 2.05) is 60.7 Å². The van der Waals surface area contributed by atoms with Gasteiger partial charge in [-0.1, -0.05) is 140 Å². The van der Waals surface area contributed by atoms with Crippen molar-refractivity contribution >= 4 is 33.3 Å². The molecule has 0 aromatic heterocycles. The zero-order chi connectivity index (χ0) is 27.1. The molecule has 0 amide bonds. The van der Waals surface area contributed by atoms with Crippen LogP contribution in [0.4, 0.5) is 0 Å². The quantitative estimate of drug-likeness (QED) is 0.237. The molecule has 2 nitrogen and oxygen atoms in total. The summed E-state index contributed by atoms with van der Waals surface area (Å²) in [6.45, 7) is 0. The van der Waals surface area contributed by atoms with E-state index in [-0.39, 0.29) is 11.4 Å². The summed E-state index contributed by atoms with van der Waals surface area (Å²) in [5.41, 5.74) is 10.5. The van der Waals surface area contributed by atoms with Crippen molar-refractivity contribution in [2.45, 2.75) is 0 Å². The summed E-state index contributed by atoms with van der Waals surface area (Å²) in [5, 5.41) is 20.8. The summed E-state index contributed by atoms with van der Waals surface area (Å²) < 4.78 is 0. The average Bonchev–Trinajstić information content (AvgIpc) is 3.03. The first-order valence-electron chi connectivity index (χ1n) is 13.5. The highest BCUT2D eigenvalue weighted by molar-refractivity contribution is 6.65. The van der Waals surface area contributed by atoms with E-state index < -0.39 is 0 Å². The normalized spacial score (nSPS) is 13.0. The van der Waals surface area contributed by atoms with E-state index in [4.69, 9.17) is 0 Å². The minimum Gasteiger partial charge on any atom is -0.298 e. The first-order valence-corrected chi connectivity index (χ1v) is 13.5.